The van der Waals surface area contributed by atoms with Gasteiger partial charge in [0.1, 0.15) is 5.82 Å². The molecule has 2 fully saturated rings. The van der Waals surface area contributed by atoms with Crippen LogP contribution in [0.5, 0.6) is 0 Å². The second kappa shape index (κ2) is 9.69. The summed E-state index contributed by atoms with van der Waals surface area (Å²) >= 11 is 0. The van der Waals surface area contributed by atoms with E-state index in [-0.39, 0.29) is 18.4 Å². The Kier molecular flexibility index (Phi) is 7.04. The van der Waals surface area contributed by atoms with Crippen molar-refractivity contribution in [3.8, 4) is 0 Å². The minimum absolute atomic E-state index is 0.0618. The molecule has 0 bridgehead atoms. The molecule has 1 aliphatic heterocycles. The Morgan fingerprint density at radius 2 is 1.89 bits per heavy atom. The SMILES string of the molecule is O=C(CC(CN1CCN(c2ccccn2)CC1)C(=O)O)NC1CCCCC1. The lowest BCUT2D eigenvalue weighted by molar-refractivity contribution is -0.145. The van der Waals surface area contributed by atoms with Crippen molar-refractivity contribution in [2.75, 3.05) is 37.6 Å². The number of carboxylic acid groups (broad SMARTS) is 1. The lowest BCUT2D eigenvalue weighted by Crippen LogP contribution is -2.49. The van der Waals surface area contributed by atoms with Gasteiger partial charge in [-0.05, 0) is 25.0 Å². The average Bonchev–Trinajstić information content (AvgIpc) is 2.69. The molecule has 7 heteroatoms. The second-order valence-corrected chi connectivity index (χ2v) is 7.62. The van der Waals surface area contributed by atoms with Gasteiger partial charge in [0.2, 0.25) is 5.91 Å². The Labute approximate surface area is 160 Å². The van der Waals surface area contributed by atoms with Gasteiger partial charge in [0.15, 0.2) is 0 Å². The highest BCUT2D eigenvalue weighted by Gasteiger charge is 2.27. The number of aromatic nitrogens is 1. The van der Waals surface area contributed by atoms with Crippen molar-refractivity contribution >= 4 is 17.7 Å². The van der Waals surface area contributed by atoms with E-state index in [9.17, 15) is 14.7 Å². The minimum atomic E-state index is -0.888. The number of amides is 1. The topological polar surface area (TPSA) is 85.8 Å². The predicted molar refractivity (Wildman–Crippen MR) is 104 cm³/mol. The normalized spacial score (nSPS) is 20.2. The molecule has 0 spiro atoms. The number of hydrogen-bond acceptors (Lipinski definition) is 5. The van der Waals surface area contributed by atoms with Gasteiger partial charge in [0.25, 0.3) is 0 Å². The first kappa shape index (κ1) is 19.6. The number of pyridine rings is 1. The number of rotatable bonds is 7. The van der Waals surface area contributed by atoms with Crippen molar-refractivity contribution in [3.63, 3.8) is 0 Å². The average molecular weight is 374 g/mol. The van der Waals surface area contributed by atoms with Gasteiger partial charge in [-0.3, -0.25) is 14.5 Å². The molecule has 1 aromatic rings. The van der Waals surface area contributed by atoms with Gasteiger partial charge in [-0.1, -0.05) is 25.3 Å². The van der Waals surface area contributed by atoms with Crippen LogP contribution in [0.25, 0.3) is 0 Å². The Morgan fingerprint density at radius 1 is 1.15 bits per heavy atom. The number of nitrogens with one attached hydrogen (secondary N) is 1. The monoisotopic (exact) mass is 374 g/mol. The van der Waals surface area contributed by atoms with Crippen molar-refractivity contribution < 1.29 is 14.7 Å². The van der Waals surface area contributed by atoms with Gasteiger partial charge in [-0.25, -0.2) is 4.98 Å². The summed E-state index contributed by atoms with van der Waals surface area (Å²) < 4.78 is 0. The van der Waals surface area contributed by atoms with Crippen molar-refractivity contribution in [3.05, 3.63) is 24.4 Å². The standard InChI is InChI=1S/C20H30N4O3/c25-19(22-17-6-2-1-3-7-17)14-16(20(26)27)15-23-10-12-24(13-11-23)18-8-4-5-9-21-18/h4-5,8-9,16-17H,1-3,6-7,10-15H2,(H,22,25)(H,26,27). The van der Waals surface area contributed by atoms with Crippen molar-refractivity contribution in [2.45, 2.75) is 44.6 Å². The molecule has 1 saturated carbocycles. The molecule has 1 amide bonds. The van der Waals surface area contributed by atoms with E-state index in [1.165, 1.54) is 6.42 Å². The lowest BCUT2D eigenvalue weighted by Gasteiger charge is -2.36. The molecular formula is C20H30N4O3. The van der Waals surface area contributed by atoms with Crippen molar-refractivity contribution in [2.24, 2.45) is 5.92 Å². The van der Waals surface area contributed by atoms with E-state index in [0.717, 1.165) is 57.7 Å². The summed E-state index contributed by atoms with van der Waals surface area (Å²) in [4.78, 5) is 32.7. The van der Waals surface area contributed by atoms with Gasteiger partial charge >= 0.3 is 5.97 Å². The number of carboxylic acids is 1. The number of nitrogens with zero attached hydrogens (tertiary/aromatic N) is 3. The van der Waals surface area contributed by atoms with E-state index < -0.39 is 11.9 Å². The van der Waals surface area contributed by atoms with Crippen molar-refractivity contribution in [1.29, 1.82) is 0 Å². The van der Waals surface area contributed by atoms with E-state index in [2.05, 4.69) is 20.1 Å². The Bertz CT molecular complexity index is 611. The van der Waals surface area contributed by atoms with Crippen LogP contribution in [-0.2, 0) is 9.59 Å². The largest absolute Gasteiger partial charge is 0.481 e. The summed E-state index contributed by atoms with van der Waals surface area (Å²) in [5.41, 5.74) is 0. The third kappa shape index (κ3) is 5.92. The van der Waals surface area contributed by atoms with Crippen LogP contribution in [0, 0.1) is 5.92 Å². The first-order chi connectivity index (χ1) is 13.1. The molecule has 1 aliphatic carbocycles. The van der Waals surface area contributed by atoms with E-state index in [1.807, 2.05) is 18.2 Å². The maximum atomic E-state index is 12.3. The van der Waals surface area contributed by atoms with Crippen LogP contribution in [0.15, 0.2) is 24.4 Å². The molecule has 1 aromatic heterocycles. The van der Waals surface area contributed by atoms with Crippen LogP contribution in [0.2, 0.25) is 0 Å². The van der Waals surface area contributed by atoms with Crippen LogP contribution >= 0.6 is 0 Å². The quantitative estimate of drug-likeness (QED) is 0.756. The molecule has 0 aromatic carbocycles. The number of carbonyl (C=O) groups excluding carboxylic acids is 1. The smallest absolute Gasteiger partial charge is 0.308 e. The maximum Gasteiger partial charge on any atom is 0.308 e. The lowest BCUT2D eigenvalue weighted by atomic mass is 9.95. The highest BCUT2D eigenvalue weighted by molar-refractivity contribution is 5.82. The van der Waals surface area contributed by atoms with Crippen LogP contribution in [-0.4, -0.2) is 65.6 Å². The Morgan fingerprint density at radius 3 is 2.52 bits per heavy atom. The minimum Gasteiger partial charge on any atom is -0.481 e. The number of hydrogen-bond donors (Lipinski definition) is 2. The molecule has 1 atom stereocenters. The highest BCUT2D eigenvalue weighted by atomic mass is 16.4. The number of anilines is 1. The highest BCUT2D eigenvalue weighted by Crippen LogP contribution is 2.18. The summed E-state index contributed by atoms with van der Waals surface area (Å²) in [6.07, 6.45) is 7.40. The van der Waals surface area contributed by atoms with Crippen LogP contribution in [0.3, 0.4) is 0 Å². The van der Waals surface area contributed by atoms with Gasteiger partial charge in [-0.2, -0.15) is 0 Å². The molecule has 27 heavy (non-hydrogen) atoms. The molecule has 2 heterocycles. The fourth-order valence-corrected chi connectivity index (χ4v) is 4.00. The van der Waals surface area contributed by atoms with E-state index in [1.54, 1.807) is 6.20 Å². The fourth-order valence-electron chi connectivity index (χ4n) is 4.00. The zero-order valence-electron chi connectivity index (χ0n) is 15.8. The molecule has 1 unspecified atom stereocenters. The number of piperazine rings is 1. The molecule has 2 N–H and O–H groups in total. The third-order valence-electron chi connectivity index (χ3n) is 5.58. The molecule has 7 nitrogen and oxygen atoms in total. The summed E-state index contributed by atoms with van der Waals surface area (Å²) in [6, 6.07) is 6.09. The zero-order chi connectivity index (χ0) is 19.1. The predicted octanol–water partition coefficient (Wildman–Crippen LogP) is 1.74. The third-order valence-corrected chi connectivity index (χ3v) is 5.58. The zero-order valence-corrected chi connectivity index (χ0v) is 15.8. The van der Waals surface area contributed by atoms with Crippen LogP contribution < -0.4 is 10.2 Å². The first-order valence-electron chi connectivity index (χ1n) is 10.0. The molecule has 2 aliphatic rings. The molecule has 0 radical (unpaired) electrons. The Balaban J connectivity index is 1.45. The first-order valence-corrected chi connectivity index (χ1v) is 10.0. The summed E-state index contributed by atoms with van der Waals surface area (Å²) in [6.45, 7) is 3.62. The van der Waals surface area contributed by atoms with E-state index in [4.69, 9.17) is 0 Å². The van der Waals surface area contributed by atoms with Crippen LogP contribution in [0.1, 0.15) is 38.5 Å². The summed E-state index contributed by atoms with van der Waals surface area (Å²) in [5.74, 6) is -0.712. The van der Waals surface area contributed by atoms with Crippen LogP contribution in [0.4, 0.5) is 5.82 Å². The van der Waals surface area contributed by atoms with E-state index in [0.29, 0.717) is 6.54 Å². The number of carbonyl (C=O) groups is 2. The molecular weight excluding hydrogens is 344 g/mol. The second-order valence-electron chi connectivity index (χ2n) is 7.62. The van der Waals surface area contributed by atoms with Gasteiger partial charge < -0.3 is 15.3 Å². The van der Waals surface area contributed by atoms with Gasteiger partial charge in [0.05, 0.1) is 5.92 Å². The van der Waals surface area contributed by atoms with Crippen molar-refractivity contribution in [1.82, 2.24) is 15.2 Å². The van der Waals surface area contributed by atoms with E-state index >= 15 is 0 Å². The Hall–Kier alpha value is -2.15. The maximum absolute atomic E-state index is 12.3. The molecule has 148 valence electrons. The molecule has 1 saturated heterocycles. The van der Waals surface area contributed by atoms with Gasteiger partial charge in [0, 0.05) is 51.4 Å². The summed E-state index contributed by atoms with van der Waals surface area (Å²) in [5, 5.41) is 12.6. The van der Waals surface area contributed by atoms with Gasteiger partial charge in [-0.15, -0.1) is 0 Å². The number of aliphatic carboxylic acids is 1. The fraction of sp³-hybridized carbons (Fsp3) is 0.650. The molecule has 3 rings (SSSR count). The summed E-state index contributed by atoms with van der Waals surface area (Å²) in [7, 11) is 0.